The highest BCUT2D eigenvalue weighted by Crippen LogP contribution is 2.28. The molecule has 1 amide bonds. The molecule has 180 valence electrons. The summed E-state index contributed by atoms with van der Waals surface area (Å²) in [6.07, 6.45) is 5.14. The second-order valence-corrected chi connectivity index (χ2v) is 9.45. The number of methoxy groups -OCH3 is 1. The quantitative estimate of drug-likeness (QED) is 0.502. The first-order chi connectivity index (χ1) is 16.4. The van der Waals surface area contributed by atoms with Crippen molar-refractivity contribution in [1.82, 2.24) is 19.6 Å². The van der Waals surface area contributed by atoms with Gasteiger partial charge in [0.2, 0.25) is 0 Å². The van der Waals surface area contributed by atoms with Gasteiger partial charge in [-0.05, 0) is 62.9 Å². The maximum atomic E-state index is 13.1. The van der Waals surface area contributed by atoms with E-state index in [4.69, 9.17) is 4.74 Å². The summed E-state index contributed by atoms with van der Waals surface area (Å²) in [5.74, 6) is 1.34. The molecule has 0 aliphatic carbocycles. The van der Waals surface area contributed by atoms with Crippen molar-refractivity contribution in [3.05, 3.63) is 83.2 Å². The van der Waals surface area contributed by atoms with Crippen molar-refractivity contribution in [3.63, 3.8) is 0 Å². The predicted molar refractivity (Wildman–Crippen MR) is 135 cm³/mol. The zero-order valence-corrected chi connectivity index (χ0v) is 20.8. The van der Waals surface area contributed by atoms with Crippen molar-refractivity contribution in [1.29, 1.82) is 0 Å². The molecule has 2 heterocycles. The highest BCUT2D eigenvalue weighted by molar-refractivity contribution is 5.94. The van der Waals surface area contributed by atoms with Crippen molar-refractivity contribution in [2.24, 2.45) is 13.0 Å². The number of likely N-dealkylation sites (tertiary alicyclic amines) is 1. The van der Waals surface area contributed by atoms with Gasteiger partial charge in [-0.1, -0.05) is 36.4 Å². The molecule has 1 saturated heterocycles. The standard InChI is InChI=1S/C28H36N4O2/c1-21-25(20-31(3)29-21)19-30(2)27(17-22-9-6-5-7-10-22)23-13-15-32(16-14-23)28(33)24-11-8-12-26(18-24)34-4/h5-12,18,20,23,27H,13-17,19H2,1-4H3. The molecule has 1 unspecified atom stereocenters. The molecule has 6 heteroatoms. The molecule has 1 atom stereocenters. The van der Waals surface area contributed by atoms with Gasteiger partial charge in [-0.25, -0.2) is 0 Å². The van der Waals surface area contributed by atoms with Crippen LogP contribution in [0.5, 0.6) is 5.75 Å². The maximum Gasteiger partial charge on any atom is 0.253 e. The van der Waals surface area contributed by atoms with E-state index < -0.39 is 0 Å². The summed E-state index contributed by atoms with van der Waals surface area (Å²) in [6, 6.07) is 18.6. The normalized spacial score (nSPS) is 15.5. The maximum absolute atomic E-state index is 13.1. The number of carbonyl (C=O) groups excluding carboxylic acids is 1. The molecule has 1 fully saturated rings. The highest BCUT2D eigenvalue weighted by Gasteiger charge is 2.31. The number of nitrogens with zero attached hydrogens (tertiary/aromatic N) is 4. The Kier molecular flexibility index (Phi) is 7.68. The number of hydrogen-bond donors (Lipinski definition) is 0. The van der Waals surface area contributed by atoms with Crippen molar-refractivity contribution in [3.8, 4) is 5.75 Å². The molecule has 0 N–H and O–H groups in total. The van der Waals surface area contributed by atoms with E-state index in [-0.39, 0.29) is 5.91 Å². The Morgan fingerprint density at radius 2 is 1.88 bits per heavy atom. The third-order valence-corrected chi connectivity index (χ3v) is 7.08. The van der Waals surface area contributed by atoms with Crippen molar-refractivity contribution in [2.75, 3.05) is 27.2 Å². The molecule has 0 saturated carbocycles. The minimum atomic E-state index is 0.0938. The lowest BCUT2D eigenvalue weighted by atomic mass is 9.84. The van der Waals surface area contributed by atoms with E-state index in [1.54, 1.807) is 7.11 Å². The molecule has 0 spiro atoms. The first kappa shape index (κ1) is 24.0. The first-order valence-electron chi connectivity index (χ1n) is 12.1. The van der Waals surface area contributed by atoms with Gasteiger partial charge in [0.1, 0.15) is 5.75 Å². The Morgan fingerprint density at radius 3 is 2.53 bits per heavy atom. The number of carbonyl (C=O) groups is 1. The largest absolute Gasteiger partial charge is 0.497 e. The van der Waals surface area contributed by atoms with Crippen molar-refractivity contribution < 1.29 is 9.53 Å². The Labute approximate surface area is 203 Å². The molecule has 6 nitrogen and oxygen atoms in total. The Balaban J connectivity index is 1.46. The lowest BCUT2D eigenvalue weighted by Crippen LogP contribution is -2.46. The van der Waals surface area contributed by atoms with E-state index in [1.165, 1.54) is 11.1 Å². The fourth-order valence-electron chi connectivity index (χ4n) is 5.15. The van der Waals surface area contributed by atoms with Gasteiger partial charge in [-0.15, -0.1) is 0 Å². The minimum absolute atomic E-state index is 0.0938. The molecule has 4 rings (SSSR count). The number of aromatic nitrogens is 2. The number of amides is 1. The van der Waals surface area contributed by atoms with Crippen LogP contribution in [0.3, 0.4) is 0 Å². The Morgan fingerprint density at radius 1 is 1.15 bits per heavy atom. The fraction of sp³-hybridized carbons (Fsp3) is 0.429. The third-order valence-electron chi connectivity index (χ3n) is 7.08. The molecule has 0 bridgehead atoms. The monoisotopic (exact) mass is 460 g/mol. The topological polar surface area (TPSA) is 50.6 Å². The average Bonchev–Trinajstić information content (AvgIpc) is 3.18. The summed E-state index contributed by atoms with van der Waals surface area (Å²) in [7, 11) is 5.84. The van der Waals surface area contributed by atoms with Crippen LogP contribution in [0.4, 0.5) is 0 Å². The molecular formula is C28H36N4O2. The number of ether oxygens (including phenoxy) is 1. The van der Waals surface area contributed by atoms with E-state index >= 15 is 0 Å². The van der Waals surface area contributed by atoms with Crippen LogP contribution >= 0.6 is 0 Å². The van der Waals surface area contributed by atoms with Crippen LogP contribution in [0.15, 0.2) is 60.8 Å². The number of piperidine rings is 1. The minimum Gasteiger partial charge on any atom is -0.497 e. The van der Waals surface area contributed by atoms with Crippen LogP contribution in [-0.4, -0.2) is 58.8 Å². The predicted octanol–water partition coefficient (Wildman–Crippen LogP) is 4.33. The molecule has 1 aliphatic rings. The zero-order valence-electron chi connectivity index (χ0n) is 20.8. The first-order valence-corrected chi connectivity index (χ1v) is 12.1. The van der Waals surface area contributed by atoms with E-state index in [0.717, 1.165) is 50.3 Å². The fourth-order valence-corrected chi connectivity index (χ4v) is 5.15. The lowest BCUT2D eigenvalue weighted by Gasteiger charge is -2.40. The molecule has 3 aromatic rings. The molecule has 1 aliphatic heterocycles. The van der Waals surface area contributed by atoms with Gasteiger partial charge in [-0.2, -0.15) is 5.10 Å². The average molecular weight is 461 g/mol. The van der Waals surface area contributed by atoms with E-state index in [1.807, 2.05) is 40.9 Å². The molecule has 2 aromatic carbocycles. The van der Waals surface area contributed by atoms with Gasteiger partial charge in [-0.3, -0.25) is 14.4 Å². The van der Waals surface area contributed by atoms with Gasteiger partial charge in [0, 0.05) is 50.0 Å². The smallest absolute Gasteiger partial charge is 0.253 e. The summed E-state index contributed by atoms with van der Waals surface area (Å²) in [5, 5.41) is 4.53. The summed E-state index contributed by atoms with van der Waals surface area (Å²) in [6.45, 7) is 4.52. The van der Waals surface area contributed by atoms with Crippen LogP contribution in [0.25, 0.3) is 0 Å². The van der Waals surface area contributed by atoms with Crippen molar-refractivity contribution in [2.45, 2.75) is 38.8 Å². The lowest BCUT2D eigenvalue weighted by molar-refractivity contribution is 0.0602. The van der Waals surface area contributed by atoms with Crippen LogP contribution in [0.1, 0.15) is 40.0 Å². The van der Waals surface area contributed by atoms with Gasteiger partial charge in [0.15, 0.2) is 0 Å². The molecule has 1 aromatic heterocycles. The van der Waals surface area contributed by atoms with E-state index in [9.17, 15) is 4.79 Å². The number of rotatable bonds is 8. The number of hydrogen-bond acceptors (Lipinski definition) is 4. The highest BCUT2D eigenvalue weighted by atomic mass is 16.5. The Bertz CT molecular complexity index is 1090. The van der Waals surface area contributed by atoms with Crippen LogP contribution in [-0.2, 0) is 20.0 Å². The van der Waals surface area contributed by atoms with E-state index in [2.05, 4.69) is 60.5 Å². The summed E-state index contributed by atoms with van der Waals surface area (Å²) in [5.41, 5.74) is 4.42. The summed E-state index contributed by atoms with van der Waals surface area (Å²) < 4.78 is 7.20. The van der Waals surface area contributed by atoms with Crippen LogP contribution < -0.4 is 4.74 Å². The SMILES string of the molecule is COc1cccc(C(=O)N2CCC(C(Cc3ccccc3)N(C)Cc3cn(C)nc3C)CC2)c1. The van der Waals surface area contributed by atoms with Crippen molar-refractivity contribution >= 4 is 5.91 Å². The van der Waals surface area contributed by atoms with Crippen LogP contribution in [0.2, 0.25) is 0 Å². The van der Waals surface area contributed by atoms with Gasteiger partial charge in [0.05, 0.1) is 12.8 Å². The Hall–Kier alpha value is -3.12. The third kappa shape index (κ3) is 5.68. The number of aryl methyl sites for hydroxylation is 2. The van der Waals surface area contributed by atoms with E-state index in [0.29, 0.717) is 17.5 Å². The van der Waals surface area contributed by atoms with Gasteiger partial charge in [0.25, 0.3) is 5.91 Å². The zero-order chi connectivity index (χ0) is 24.1. The number of benzene rings is 2. The summed E-state index contributed by atoms with van der Waals surface area (Å²) in [4.78, 5) is 17.6. The second-order valence-electron chi connectivity index (χ2n) is 9.45. The number of likely N-dealkylation sites (N-methyl/N-ethyl adjacent to an activating group) is 1. The molecule has 34 heavy (non-hydrogen) atoms. The molecular weight excluding hydrogens is 424 g/mol. The molecule has 0 radical (unpaired) electrons. The van der Waals surface area contributed by atoms with Gasteiger partial charge >= 0.3 is 0 Å². The van der Waals surface area contributed by atoms with Gasteiger partial charge < -0.3 is 9.64 Å². The summed E-state index contributed by atoms with van der Waals surface area (Å²) >= 11 is 0. The van der Waals surface area contributed by atoms with Crippen LogP contribution in [0, 0.1) is 12.8 Å². The second kappa shape index (κ2) is 10.9.